The topological polar surface area (TPSA) is 116 Å². The van der Waals surface area contributed by atoms with E-state index in [2.05, 4.69) is 25.3 Å². The van der Waals surface area contributed by atoms with Gasteiger partial charge in [0.1, 0.15) is 17.9 Å². The number of ether oxygens (including phenoxy) is 1. The first-order valence-corrected chi connectivity index (χ1v) is 10.8. The fourth-order valence-electron chi connectivity index (χ4n) is 3.92. The zero-order valence-corrected chi connectivity index (χ0v) is 17.9. The van der Waals surface area contributed by atoms with Crippen LogP contribution in [0.3, 0.4) is 0 Å². The van der Waals surface area contributed by atoms with Gasteiger partial charge < -0.3 is 25.0 Å². The van der Waals surface area contributed by atoms with Crippen LogP contribution in [0.5, 0.6) is 0 Å². The molecule has 0 saturated carbocycles. The third-order valence-electron chi connectivity index (χ3n) is 5.71. The molecule has 0 spiro atoms. The number of H-pyrrole nitrogens is 1. The van der Waals surface area contributed by atoms with Crippen LogP contribution >= 0.6 is 0 Å². The van der Waals surface area contributed by atoms with Gasteiger partial charge in [0.15, 0.2) is 5.65 Å². The molecule has 1 saturated heterocycles. The van der Waals surface area contributed by atoms with Gasteiger partial charge in [-0.3, -0.25) is 0 Å². The van der Waals surface area contributed by atoms with Crippen LogP contribution in [-0.4, -0.2) is 61.3 Å². The van der Waals surface area contributed by atoms with Gasteiger partial charge >= 0.3 is 6.09 Å². The van der Waals surface area contributed by atoms with Crippen molar-refractivity contribution in [3.8, 4) is 11.3 Å². The lowest BCUT2D eigenvalue weighted by Crippen LogP contribution is -2.52. The van der Waals surface area contributed by atoms with Gasteiger partial charge in [0.05, 0.1) is 24.0 Å². The first-order valence-electron chi connectivity index (χ1n) is 10.8. The summed E-state index contributed by atoms with van der Waals surface area (Å²) in [5.41, 5.74) is 3.83. The van der Waals surface area contributed by atoms with E-state index >= 15 is 0 Å². The molecule has 0 bridgehead atoms. The molecule has 2 unspecified atom stereocenters. The number of aromatic amines is 1. The summed E-state index contributed by atoms with van der Waals surface area (Å²) in [6.45, 7) is 0.937. The van der Waals surface area contributed by atoms with Crippen LogP contribution in [-0.2, 0) is 11.3 Å². The van der Waals surface area contributed by atoms with E-state index in [0.717, 1.165) is 16.6 Å². The Morgan fingerprint density at radius 1 is 1.18 bits per heavy atom. The molecule has 3 aromatic heterocycles. The molecule has 1 aliphatic heterocycles. The minimum atomic E-state index is -0.628. The van der Waals surface area contributed by atoms with Gasteiger partial charge in [-0.15, -0.1) is 0 Å². The summed E-state index contributed by atoms with van der Waals surface area (Å²) >= 11 is 0. The van der Waals surface area contributed by atoms with E-state index in [-0.39, 0.29) is 6.61 Å². The maximum atomic E-state index is 12.6. The second kappa shape index (κ2) is 9.25. The molecule has 1 fully saturated rings. The van der Waals surface area contributed by atoms with Crippen LogP contribution in [0, 0.1) is 0 Å². The second-order valence-electron chi connectivity index (χ2n) is 7.96. The van der Waals surface area contributed by atoms with Crippen molar-refractivity contribution in [2.24, 2.45) is 0 Å². The number of aromatic nitrogens is 4. The Balaban J connectivity index is 1.30. The number of amides is 1. The molecule has 1 aromatic carbocycles. The SMILES string of the molecule is O=C(OCc1ccccc1)N1CCC(O)C(Nc2ncccc2-c2cnc3[nH]ccc3n2)C1. The van der Waals surface area contributed by atoms with Crippen molar-refractivity contribution in [3.63, 3.8) is 0 Å². The summed E-state index contributed by atoms with van der Waals surface area (Å²) < 4.78 is 5.47. The average molecular weight is 444 g/mol. The number of rotatable bonds is 5. The molecule has 4 aromatic rings. The van der Waals surface area contributed by atoms with Crippen molar-refractivity contribution in [1.29, 1.82) is 0 Å². The fraction of sp³-hybridized carbons (Fsp3) is 0.250. The smallest absolute Gasteiger partial charge is 0.410 e. The van der Waals surface area contributed by atoms with Crippen LogP contribution in [0.4, 0.5) is 10.6 Å². The number of fused-ring (bicyclic) bond motifs is 1. The van der Waals surface area contributed by atoms with E-state index in [1.807, 2.05) is 48.5 Å². The number of anilines is 1. The summed E-state index contributed by atoms with van der Waals surface area (Å²) in [4.78, 5) is 30.8. The summed E-state index contributed by atoms with van der Waals surface area (Å²) in [6, 6.07) is 14.7. The van der Waals surface area contributed by atoms with Crippen molar-refractivity contribution >= 4 is 23.1 Å². The molecular weight excluding hydrogens is 420 g/mol. The van der Waals surface area contributed by atoms with E-state index in [1.165, 1.54) is 0 Å². The molecule has 4 heterocycles. The van der Waals surface area contributed by atoms with Crippen LogP contribution in [0.15, 0.2) is 67.1 Å². The lowest BCUT2D eigenvalue weighted by atomic mass is 10.0. The Hall–Kier alpha value is -3.98. The Bertz CT molecular complexity index is 1250. The van der Waals surface area contributed by atoms with Gasteiger partial charge in [-0.1, -0.05) is 30.3 Å². The predicted octanol–water partition coefficient (Wildman–Crippen LogP) is 3.20. The van der Waals surface area contributed by atoms with E-state index in [4.69, 9.17) is 4.74 Å². The molecular formula is C24H24N6O3. The number of pyridine rings is 1. The van der Waals surface area contributed by atoms with Crippen LogP contribution in [0.25, 0.3) is 22.4 Å². The number of aliphatic hydroxyl groups is 1. The van der Waals surface area contributed by atoms with Gasteiger partial charge in [-0.25, -0.2) is 19.7 Å². The van der Waals surface area contributed by atoms with E-state index < -0.39 is 18.2 Å². The Morgan fingerprint density at radius 3 is 2.94 bits per heavy atom. The molecule has 168 valence electrons. The lowest BCUT2D eigenvalue weighted by Gasteiger charge is -2.36. The quantitative estimate of drug-likeness (QED) is 0.433. The fourth-order valence-corrected chi connectivity index (χ4v) is 3.92. The molecule has 0 radical (unpaired) electrons. The maximum Gasteiger partial charge on any atom is 0.410 e. The molecule has 3 N–H and O–H groups in total. The largest absolute Gasteiger partial charge is 0.445 e. The summed E-state index contributed by atoms with van der Waals surface area (Å²) in [5.74, 6) is 0.574. The number of hydrogen-bond donors (Lipinski definition) is 3. The highest BCUT2D eigenvalue weighted by molar-refractivity contribution is 5.78. The highest BCUT2D eigenvalue weighted by Crippen LogP contribution is 2.27. The highest BCUT2D eigenvalue weighted by atomic mass is 16.6. The van der Waals surface area contributed by atoms with Gasteiger partial charge in [0.2, 0.25) is 0 Å². The standard InChI is InChI=1S/C24H24N6O3/c31-21-9-12-30(24(32)33-15-16-5-2-1-3-6-16)14-20(21)29-22-17(7-4-10-25-22)19-13-27-23-18(28-19)8-11-26-23/h1-8,10-11,13,20-21,31H,9,12,14-15H2,(H,25,29)(H,26,27). The number of likely N-dealkylation sites (tertiary alicyclic amines) is 1. The van der Waals surface area contributed by atoms with E-state index in [9.17, 15) is 9.90 Å². The maximum absolute atomic E-state index is 12.6. The number of piperidine rings is 1. The number of carbonyl (C=O) groups is 1. The monoisotopic (exact) mass is 444 g/mol. The highest BCUT2D eigenvalue weighted by Gasteiger charge is 2.32. The second-order valence-corrected chi connectivity index (χ2v) is 7.96. The summed E-state index contributed by atoms with van der Waals surface area (Å²) in [6.07, 6.45) is 4.57. The molecule has 9 heteroatoms. The number of nitrogens with one attached hydrogen (secondary N) is 2. The van der Waals surface area contributed by atoms with Crippen molar-refractivity contribution in [2.75, 3.05) is 18.4 Å². The summed E-state index contributed by atoms with van der Waals surface area (Å²) in [5, 5.41) is 13.9. The van der Waals surface area contributed by atoms with Crippen LogP contribution < -0.4 is 5.32 Å². The van der Waals surface area contributed by atoms with E-state index in [1.54, 1.807) is 23.5 Å². The molecule has 1 aliphatic rings. The number of hydrogen-bond acceptors (Lipinski definition) is 7. The first kappa shape index (κ1) is 20.9. The molecule has 0 aliphatic carbocycles. The molecule has 33 heavy (non-hydrogen) atoms. The average Bonchev–Trinajstić information content (AvgIpc) is 3.33. The van der Waals surface area contributed by atoms with E-state index in [0.29, 0.717) is 36.7 Å². The third kappa shape index (κ3) is 4.63. The lowest BCUT2D eigenvalue weighted by molar-refractivity contribution is 0.0486. The Kier molecular flexibility index (Phi) is 5.86. The molecule has 1 amide bonds. The van der Waals surface area contributed by atoms with Gasteiger partial charge in [0.25, 0.3) is 0 Å². The Labute approximate surface area is 190 Å². The van der Waals surface area contributed by atoms with Crippen molar-refractivity contribution in [3.05, 3.63) is 72.7 Å². The number of nitrogens with zero attached hydrogens (tertiary/aromatic N) is 4. The van der Waals surface area contributed by atoms with Crippen LogP contribution in [0.1, 0.15) is 12.0 Å². The predicted molar refractivity (Wildman–Crippen MR) is 123 cm³/mol. The first-order chi connectivity index (χ1) is 16.2. The van der Waals surface area contributed by atoms with Gasteiger partial charge in [-0.2, -0.15) is 0 Å². The number of benzene rings is 1. The summed E-state index contributed by atoms with van der Waals surface area (Å²) in [7, 11) is 0. The zero-order chi connectivity index (χ0) is 22.6. The van der Waals surface area contributed by atoms with Crippen molar-refractivity contribution in [1.82, 2.24) is 24.8 Å². The third-order valence-corrected chi connectivity index (χ3v) is 5.71. The number of carbonyl (C=O) groups excluding carboxylic acids is 1. The van der Waals surface area contributed by atoms with Crippen molar-refractivity contribution < 1.29 is 14.6 Å². The minimum Gasteiger partial charge on any atom is -0.445 e. The Morgan fingerprint density at radius 2 is 2.06 bits per heavy atom. The van der Waals surface area contributed by atoms with Gasteiger partial charge in [0, 0.05) is 31.0 Å². The van der Waals surface area contributed by atoms with Crippen molar-refractivity contribution in [2.45, 2.75) is 25.2 Å². The normalized spacial score (nSPS) is 18.3. The molecule has 2 atom stereocenters. The zero-order valence-electron chi connectivity index (χ0n) is 17.9. The van der Waals surface area contributed by atoms with Gasteiger partial charge in [-0.05, 0) is 30.2 Å². The minimum absolute atomic E-state index is 0.210. The number of aliphatic hydroxyl groups excluding tert-OH is 1. The molecule has 5 rings (SSSR count). The molecule has 9 nitrogen and oxygen atoms in total. The van der Waals surface area contributed by atoms with Crippen LogP contribution in [0.2, 0.25) is 0 Å².